The van der Waals surface area contributed by atoms with Gasteiger partial charge in [-0.3, -0.25) is 9.69 Å². The Bertz CT molecular complexity index is 1390. The van der Waals surface area contributed by atoms with Gasteiger partial charge < -0.3 is 5.11 Å². The van der Waals surface area contributed by atoms with Crippen LogP contribution < -0.4 is 4.90 Å². The molecule has 1 unspecified atom stereocenters. The lowest BCUT2D eigenvalue weighted by Gasteiger charge is -2.23. The van der Waals surface area contributed by atoms with Crippen molar-refractivity contribution in [2.45, 2.75) is 19.4 Å². The van der Waals surface area contributed by atoms with Gasteiger partial charge in [-0.25, -0.2) is 27.5 Å². The summed E-state index contributed by atoms with van der Waals surface area (Å²) in [6, 6.07) is 17.6. The van der Waals surface area contributed by atoms with Crippen LogP contribution in [0, 0.1) is 30.2 Å². The maximum atomic E-state index is 14.4. The largest absolute Gasteiger partial charge is 0.382 e. The van der Waals surface area contributed by atoms with Gasteiger partial charge in [0.05, 0.1) is 18.3 Å². The van der Waals surface area contributed by atoms with Crippen molar-refractivity contribution in [2.24, 2.45) is 0 Å². The fourth-order valence-corrected chi connectivity index (χ4v) is 3.77. The van der Waals surface area contributed by atoms with Crippen molar-refractivity contribution in [3.8, 4) is 11.3 Å². The van der Waals surface area contributed by atoms with E-state index >= 15 is 0 Å². The molecule has 9 heteroatoms. The number of rotatable bonds is 6. The monoisotopic (exact) mass is 495 g/mol. The predicted octanol–water partition coefficient (Wildman–Crippen LogP) is 5.30. The number of likely N-dealkylation sites (N-methyl/N-ethyl adjacent to an activating group) is 1. The van der Waals surface area contributed by atoms with E-state index in [0.29, 0.717) is 11.3 Å². The van der Waals surface area contributed by atoms with E-state index in [4.69, 9.17) is 0 Å². The van der Waals surface area contributed by atoms with Crippen LogP contribution in [0.3, 0.4) is 0 Å². The Kier molecular flexibility index (Phi) is 7.12. The number of carbonyl (C=O) groups excluding carboxylic acids is 1. The van der Waals surface area contributed by atoms with E-state index in [1.807, 2.05) is 18.2 Å². The Balaban J connectivity index is 1.75. The smallest absolute Gasteiger partial charge is 0.232 e. The van der Waals surface area contributed by atoms with Gasteiger partial charge in [0.1, 0.15) is 11.8 Å². The quantitative estimate of drug-likeness (QED) is 0.224. The highest BCUT2D eigenvalue weighted by atomic mass is 19.2. The molecule has 3 aromatic carbocycles. The van der Waals surface area contributed by atoms with E-state index in [1.165, 1.54) is 13.2 Å². The molecule has 0 fully saturated rings. The van der Waals surface area contributed by atoms with Crippen molar-refractivity contribution in [2.75, 3.05) is 11.9 Å². The summed E-state index contributed by atoms with van der Waals surface area (Å²) in [6.45, 7) is 1.06. The van der Waals surface area contributed by atoms with Crippen LogP contribution in [-0.4, -0.2) is 28.0 Å². The molecule has 0 radical (unpaired) electrons. The molecule has 0 saturated carbocycles. The Morgan fingerprint density at radius 3 is 2.14 bits per heavy atom. The summed E-state index contributed by atoms with van der Waals surface area (Å²) in [7, 11) is 1.32. The van der Waals surface area contributed by atoms with Crippen molar-refractivity contribution >= 4 is 11.7 Å². The van der Waals surface area contributed by atoms with Gasteiger partial charge in [-0.2, -0.15) is 0 Å². The third kappa shape index (κ3) is 4.70. The van der Waals surface area contributed by atoms with Crippen LogP contribution in [0.2, 0.25) is 0 Å². The number of benzene rings is 3. The summed E-state index contributed by atoms with van der Waals surface area (Å²) in [4.78, 5) is 23.0. The number of halogens is 4. The number of carbonyl (C=O) groups is 1. The zero-order valence-electron chi connectivity index (χ0n) is 19.3. The fourth-order valence-electron chi connectivity index (χ4n) is 3.77. The number of amides is 1. The summed E-state index contributed by atoms with van der Waals surface area (Å²) >= 11 is 0. The first-order valence-corrected chi connectivity index (χ1v) is 10.9. The van der Waals surface area contributed by atoms with Crippen LogP contribution in [0.5, 0.6) is 0 Å². The van der Waals surface area contributed by atoms with E-state index in [9.17, 15) is 27.5 Å². The average molecular weight is 495 g/mol. The molecule has 0 bridgehead atoms. The Morgan fingerprint density at radius 1 is 0.917 bits per heavy atom. The minimum absolute atomic E-state index is 0.0304. The van der Waals surface area contributed by atoms with Crippen LogP contribution in [0.4, 0.5) is 23.4 Å². The number of anilines is 1. The number of aromatic nitrogens is 2. The van der Waals surface area contributed by atoms with Crippen LogP contribution in [0.25, 0.3) is 11.3 Å². The summed E-state index contributed by atoms with van der Waals surface area (Å²) in [5.41, 5.74) is 0.581. The summed E-state index contributed by atoms with van der Waals surface area (Å²) in [5.74, 6) is -7.96. The van der Waals surface area contributed by atoms with Gasteiger partial charge >= 0.3 is 0 Å². The van der Waals surface area contributed by atoms with E-state index < -0.39 is 52.8 Å². The first-order chi connectivity index (χ1) is 17.2. The second-order valence-corrected chi connectivity index (χ2v) is 8.13. The topological polar surface area (TPSA) is 66.3 Å². The zero-order chi connectivity index (χ0) is 26.0. The molecule has 0 aliphatic carbocycles. The van der Waals surface area contributed by atoms with E-state index in [1.54, 1.807) is 42.5 Å². The summed E-state index contributed by atoms with van der Waals surface area (Å²) < 4.78 is 55.7. The molecular weight excluding hydrogens is 474 g/mol. The first-order valence-electron chi connectivity index (χ1n) is 10.9. The molecular formula is C27H21F4N3O2. The normalized spacial score (nSPS) is 11.9. The SMILES string of the molecule is Cc1c(F)c(F)c(F)c(F)c1CC(=O)N(C)c1ncc(-c2ccccc2)nc1C(O)c1ccccc1. The molecule has 4 aromatic rings. The van der Waals surface area contributed by atoms with Gasteiger partial charge in [0.15, 0.2) is 29.1 Å². The number of aliphatic hydroxyl groups excluding tert-OH is 1. The maximum absolute atomic E-state index is 14.4. The van der Waals surface area contributed by atoms with Gasteiger partial charge in [-0.15, -0.1) is 0 Å². The molecule has 1 N–H and O–H groups in total. The molecule has 1 atom stereocenters. The van der Waals surface area contributed by atoms with Crippen molar-refractivity contribution < 1.29 is 27.5 Å². The summed E-state index contributed by atoms with van der Waals surface area (Å²) in [6.07, 6.45) is -0.629. The van der Waals surface area contributed by atoms with Crippen LogP contribution in [0.1, 0.15) is 28.5 Å². The number of hydrogen-bond acceptors (Lipinski definition) is 4. The lowest BCUT2D eigenvalue weighted by Crippen LogP contribution is -2.31. The molecule has 1 aromatic heterocycles. The second-order valence-electron chi connectivity index (χ2n) is 8.13. The minimum atomic E-state index is -1.99. The standard InChI is InChI=1S/C27H21F4N3O2/c1-15-18(22(29)24(31)23(30)21(15)28)13-20(35)34(2)27-25(26(36)17-11-7-4-8-12-17)33-19(14-32-27)16-9-5-3-6-10-16/h3-12,14,26,36H,13H2,1-2H3. The molecule has 0 spiro atoms. The molecule has 1 amide bonds. The molecule has 0 aliphatic heterocycles. The van der Waals surface area contributed by atoms with Gasteiger partial charge in [0, 0.05) is 18.2 Å². The van der Waals surface area contributed by atoms with Crippen LogP contribution >= 0.6 is 0 Å². The van der Waals surface area contributed by atoms with Crippen molar-refractivity contribution in [3.63, 3.8) is 0 Å². The lowest BCUT2D eigenvalue weighted by molar-refractivity contribution is -0.117. The van der Waals surface area contributed by atoms with Crippen LogP contribution in [-0.2, 0) is 11.2 Å². The van der Waals surface area contributed by atoms with Crippen LogP contribution in [0.15, 0.2) is 66.9 Å². The summed E-state index contributed by atoms with van der Waals surface area (Å²) in [5, 5.41) is 11.1. The Morgan fingerprint density at radius 2 is 1.50 bits per heavy atom. The fraction of sp³-hybridized carbons (Fsp3) is 0.148. The molecule has 5 nitrogen and oxygen atoms in total. The Labute approximate surface area is 204 Å². The third-order valence-electron chi connectivity index (χ3n) is 5.87. The van der Waals surface area contributed by atoms with E-state index in [-0.39, 0.29) is 11.5 Å². The minimum Gasteiger partial charge on any atom is -0.382 e. The predicted molar refractivity (Wildman–Crippen MR) is 126 cm³/mol. The van der Waals surface area contributed by atoms with E-state index in [2.05, 4.69) is 9.97 Å². The highest BCUT2D eigenvalue weighted by Crippen LogP contribution is 2.31. The third-order valence-corrected chi connectivity index (χ3v) is 5.87. The second kappa shape index (κ2) is 10.2. The Hall–Kier alpha value is -4.11. The van der Waals surface area contributed by atoms with Gasteiger partial charge in [-0.05, 0) is 18.1 Å². The van der Waals surface area contributed by atoms with Gasteiger partial charge in [0.2, 0.25) is 5.91 Å². The first kappa shape index (κ1) is 25.0. The average Bonchev–Trinajstić information content (AvgIpc) is 2.92. The number of aliphatic hydroxyl groups is 1. The molecule has 184 valence electrons. The van der Waals surface area contributed by atoms with Gasteiger partial charge in [-0.1, -0.05) is 60.7 Å². The highest BCUT2D eigenvalue weighted by molar-refractivity contribution is 5.94. The molecule has 36 heavy (non-hydrogen) atoms. The lowest BCUT2D eigenvalue weighted by atomic mass is 10.0. The van der Waals surface area contributed by atoms with E-state index in [0.717, 1.165) is 17.4 Å². The molecule has 1 heterocycles. The molecule has 4 rings (SSSR count). The molecule has 0 aliphatic rings. The highest BCUT2D eigenvalue weighted by Gasteiger charge is 2.28. The van der Waals surface area contributed by atoms with Crippen molar-refractivity contribution in [3.05, 3.63) is 113 Å². The number of nitrogens with zero attached hydrogens (tertiary/aromatic N) is 3. The zero-order valence-corrected chi connectivity index (χ0v) is 19.3. The van der Waals surface area contributed by atoms with Gasteiger partial charge in [0.25, 0.3) is 0 Å². The maximum Gasteiger partial charge on any atom is 0.232 e. The van der Waals surface area contributed by atoms with Crippen molar-refractivity contribution in [1.29, 1.82) is 0 Å². The molecule has 0 saturated heterocycles. The number of hydrogen-bond donors (Lipinski definition) is 1. The van der Waals surface area contributed by atoms with Crippen molar-refractivity contribution in [1.82, 2.24) is 9.97 Å².